The van der Waals surface area contributed by atoms with Crippen molar-refractivity contribution in [2.75, 3.05) is 0 Å². The van der Waals surface area contributed by atoms with E-state index in [1.807, 2.05) is 121 Å². The Balaban J connectivity index is 1.29. The largest absolute Gasteiger partial charge is 0.306 e. The van der Waals surface area contributed by atoms with Crippen molar-refractivity contribution in [3.8, 4) is 0 Å². The lowest BCUT2D eigenvalue weighted by molar-refractivity contribution is 0.585. The summed E-state index contributed by atoms with van der Waals surface area (Å²) in [6.45, 7) is 4.54. The second kappa shape index (κ2) is 19.9. The van der Waals surface area contributed by atoms with Crippen molar-refractivity contribution in [3.63, 3.8) is 0 Å². The van der Waals surface area contributed by atoms with Crippen LogP contribution in [0.3, 0.4) is 0 Å². The normalized spacial score (nSPS) is 16.5. The third-order valence-corrected chi connectivity index (χ3v) is 24.2. The van der Waals surface area contributed by atoms with E-state index in [2.05, 4.69) is 6.58 Å². The van der Waals surface area contributed by atoms with Gasteiger partial charge >= 0.3 is 0 Å². The minimum atomic E-state index is -3.98. The summed E-state index contributed by atoms with van der Waals surface area (Å²) in [7, 11) is -15.7. The molecule has 70 heavy (non-hydrogen) atoms. The van der Waals surface area contributed by atoms with E-state index in [1.54, 1.807) is 84.9 Å². The molecule has 2 heterocycles. The zero-order valence-electron chi connectivity index (χ0n) is 38.2. The number of nitrogens with zero attached hydrogens (tertiary/aromatic N) is 6. The van der Waals surface area contributed by atoms with Crippen LogP contribution < -0.4 is 48.8 Å². The second-order valence-corrected chi connectivity index (χ2v) is 27.7. The van der Waals surface area contributed by atoms with Gasteiger partial charge in [-0.25, -0.2) is 29.9 Å². The molecule has 0 saturated heterocycles. The van der Waals surface area contributed by atoms with E-state index in [0.29, 0.717) is 74.6 Å². The number of allylic oxidation sites excluding steroid dienone is 12. The van der Waals surface area contributed by atoms with Crippen LogP contribution in [0.25, 0.3) is 5.57 Å². The van der Waals surface area contributed by atoms with Gasteiger partial charge in [0.15, 0.2) is 11.6 Å². The van der Waals surface area contributed by atoms with Crippen LogP contribution in [-0.2, 0) is 18.3 Å². The molecule has 0 aliphatic heterocycles. The third-order valence-electron chi connectivity index (χ3n) is 12.6. The van der Waals surface area contributed by atoms with Gasteiger partial charge in [0.05, 0.1) is 5.57 Å². The molecule has 0 bridgehead atoms. The molecular weight excluding hydrogens is 945 g/mol. The molecule has 3 aliphatic carbocycles. The van der Waals surface area contributed by atoms with Gasteiger partial charge in [-0.3, -0.25) is 0 Å². The summed E-state index contributed by atoms with van der Waals surface area (Å²) in [6, 6.07) is 45.1. The van der Waals surface area contributed by atoms with Gasteiger partial charge in [0.25, 0.3) is 0 Å². The van der Waals surface area contributed by atoms with Crippen molar-refractivity contribution in [2.45, 2.75) is 38.5 Å². The highest BCUT2D eigenvalue weighted by molar-refractivity contribution is 7.85. The Morgan fingerprint density at radius 1 is 0.386 bits per heavy atom. The molecule has 10 nitrogen and oxygen atoms in total. The topological polar surface area (TPSA) is 146 Å². The summed E-state index contributed by atoms with van der Waals surface area (Å²) in [5.74, 6) is -0.217. The predicted octanol–water partition coefficient (Wildman–Crippen LogP) is 9.40. The highest BCUT2D eigenvalue weighted by Crippen LogP contribution is 2.62. The van der Waals surface area contributed by atoms with Gasteiger partial charge in [-0.05, 0) is 38.5 Å². The zero-order chi connectivity index (χ0) is 48.2. The van der Waals surface area contributed by atoms with Gasteiger partial charge in [0, 0.05) is 42.5 Å². The van der Waals surface area contributed by atoms with E-state index in [0.717, 1.165) is 6.42 Å². The Morgan fingerprint density at radius 2 is 0.729 bits per heavy atom. The van der Waals surface area contributed by atoms with Gasteiger partial charge in [0.1, 0.15) is 0 Å². The first-order valence-corrected chi connectivity index (χ1v) is 30.0. The Kier molecular flexibility index (Phi) is 13.3. The third kappa shape index (κ3) is 8.54. The summed E-state index contributed by atoms with van der Waals surface area (Å²) >= 11 is 0. The van der Waals surface area contributed by atoms with E-state index in [1.165, 1.54) is 0 Å². The Hall–Kier alpha value is -6.78. The molecule has 0 N–H and O–H groups in total. The molecule has 0 fully saturated rings. The predicted molar refractivity (Wildman–Crippen MR) is 287 cm³/mol. The maximum atomic E-state index is 16.4. The molecule has 7 aromatic rings. The smallest absolute Gasteiger partial charge is 0.206 e. The van der Waals surface area contributed by atoms with Gasteiger partial charge in [0.2, 0.25) is 50.8 Å². The molecular formula is C56H48N6O4P4. The second-order valence-electron chi connectivity index (χ2n) is 17.0. The van der Waals surface area contributed by atoms with E-state index in [-0.39, 0.29) is 39.5 Å². The zero-order valence-corrected chi connectivity index (χ0v) is 41.8. The van der Waals surface area contributed by atoms with Crippen LogP contribution in [0.5, 0.6) is 0 Å². The van der Waals surface area contributed by atoms with Gasteiger partial charge in [-0.15, -0.1) is 0 Å². The lowest BCUT2D eigenvalue weighted by Gasteiger charge is -2.26. The van der Waals surface area contributed by atoms with E-state index in [4.69, 9.17) is 29.9 Å². The van der Waals surface area contributed by atoms with Crippen LogP contribution in [0.1, 0.15) is 50.2 Å². The Bertz CT molecular complexity index is 3440. The average molecular weight is 993 g/mol. The van der Waals surface area contributed by atoms with Gasteiger partial charge in [-0.2, -0.15) is 0 Å². The number of benzene rings is 5. The molecule has 14 heteroatoms. The number of hydrogen-bond acceptors (Lipinski definition) is 10. The summed E-state index contributed by atoms with van der Waals surface area (Å²) in [6.07, 6.45) is 21.1. The number of rotatable bonds is 14. The van der Waals surface area contributed by atoms with Crippen molar-refractivity contribution in [1.29, 1.82) is 0 Å². The number of aromatic nitrogens is 6. The standard InChI is InChI=1S/C56H48N6O4P4/c1-42(51-57-53(67(63,43-26-10-2-11-27-43)44-28-12-3-13-29-44)61-54(58-51)68(64,45-30-14-4-15-31-45)46-32-16-5-17-33-46)52-59-55(69(65,47-34-18-6-19-35-47)48-36-20-7-21-37-48)62-56(60-52)70(66,49-38-22-8-23-39-49)50-40-24-9-25-41-50/h2-8,10-16,18-22,24,26-32,34-38,40-41H,1,9,17,23,25,33,39H2. The van der Waals surface area contributed by atoms with Crippen molar-refractivity contribution >= 4 is 82.9 Å². The molecule has 2 unspecified atom stereocenters. The molecule has 0 radical (unpaired) electrons. The molecule has 0 amide bonds. The SMILES string of the molecule is C=C(c1nc(P(=O)(C2=CCCC=C2)C2=CC=CCC2)nc(P(=O)(c2ccccc2)c2ccccc2)n1)c1nc(P(=O)(C2=CC=CCC2)c2ccccc2)nc(P(=O)(c2ccccc2)c2ccccc2)n1. The summed E-state index contributed by atoms with van der Waals surface area (Å²) < 4.78 is 65.4. The first kappa shape index (κ1) is 46.9. The minimum absolute atomic E-state index is 0.00418. The quantitative estimate of drug-likeness (QED) is 0.0967. The summed E-state index contributed by atoms with van der Waals surface area (Å²) in [5.41, 5.74) is -0.385. The van der Waals surface area contributed by atoms with Crippen LogP contribution >= 0.6 is 28.6 Å². The molecule has 2 aromatic heterocycles. The van der Waals surface area contributed by atoms with Crippen molar-refractivity contribution in [2.24, 2.45) is 0 Å². The molecule has 5 aromatic carbocycles. The first-order chi connectivity index (χ1) is 34.1. The lowest BCUT2D eigenvalue weighted by Crippen LogP contribution is -2.37. The Labute approximate surface area is 408 Å². The van der Waals surface area contributed by atoms with Crippen molar-refractivity contribution < 1.29 is 18.3 Å². The van der Waals surface area contributed by atoms with Crippen LogP contribution in [0.15, 0.2) is 229 Å². The van der Waals surface area contributed by atoms with Crippen LogP contribution in [0, 0.1) is 0 Å². The average Bonchev–Trinajstić information content (AvgIpc) is 3.45. The van der Waals surface area contributed by atoms with E-state index >= 15 is 18.3 Å². The van der Waals surface area contributed by atoms with Crippen LogP contribution in [-0.4, -0.2) is 29.9 Å². The highest BCUT2D eigenvalue weighted by Gasteiger charge is 2.43. The van der Waals surface area contributed by atoms with Crippen LogP contribution in [0.4, 0.5) is 0 Å². The maximum absolute atomic E-state index is 16.4. The molecule has 10 rings (SSSR count). The summed E-state index contributed by atoms with van der Waals surface area (Å²) in [4.78, 5) is 30.3. The molecule has 346 valence electrons. The van der Waals surface area contributed by atoms with Crippen molar-refractivity contribution in [1.82, 2.24) is 29.9 Å². The first-order valence-electron chi connectivity index (χ1n) is 23.2. The number of hydrogen-bond donors (Lipinski definition) is 0. The van der Waals surface area contributed by atoms with E-state index in [9.17, 15) is 0 Å². The van der Waals surface area contributed by atoms with Gasteiger partial charge < -0.3 is 18.3 Å². The fourth-order valence-electron chi connectivity index (χ4n) is 8.95. The fourth-order valence-corrected chi connectivity index (χ4v) is 19.3. The summed E-state index contributed by atoms with van der Waals surface area (Å²) in [5, 5.41) is 4.12. The van der Waals surface area contributed by atoms with E-state index < -0.39 is 28.6 Å². The molecule has 0 spiro atoms. The molecule has 0 saturated carbocycles. The monoisotopic (exact) mass is 992 g/mol. The fraction of sp³-hybridized carbons (Fsp3) is 0.107. The Morgan fingerprint density at radius 3 is 1.07 bits per heavy atom. The highest BCUT2D eigenvalue weighted by atomic mass is 31.2. The molecule has 3 aliphatic rings. The van der Waals surface area contributed by atoms with Crippen molar-refractivity contribution in [3.05, 3.63) is 241 Å². The van der Waals surface area contributed by atoms with Gasteiger partial charge in [-0.1, -0.05) is 213 Å². The lowest BCUT2D eigenvalue weighted by atomic mass is 10.2. The van der Waals surface area contributed by atoms with Crippen LogP contribution in [0.2, 0.25) is 0 Å². The maximum Gasteiger partial charge on any atom is 0.206 e. The molecule has 2 atom stereocenters. The minimum Gasteiger partial charge on any atom is -0.306 e.